The number of carbonyl (C=O) groups is 2. The van der Waals surface area contributed by atoms with E-state index < -0.39 is 12.9 Å². The molecule has 1 aliphatic carbocycles. The van der Waals surface area contributed by atoms with Crippen LogP contribution in [0.15, 0.2) is 24.3 Å². The number of methoxy groups -OCH3 is 1. The van der Waals surface area contributed by atoms with Gasteiger partial charge in [-0.15, -0.1) is 10.2 Å². The van der Waals surface area contributed by atoms with Crippen LogP contribution in [0.25, 0.3) is 11.3 Å². The lowest BCUT2D eigenvalue weighted by Gasteiger charge is -2.16. The number of carbonyl (C=O) groups excluding carboxylic acids is 2. The Morgan fingerprint density at radius 2 is 2.03 bits per heavy atom. The molecular weight excluding hydrogens is 412 g/mol. The van der Waals surface area contributed by atoms with Crippen molar-refractivity contribution in [3.05, 3.63) is 35.7 Å². The Kier molecular flexibility index (Phi) is 4.75. The van der Waals surface area contributed by atoms with Gasteiger partial charge in [0.1, 0.15) is 5.69 Å². The molecule has 4 rings (SSSR count). The van der Waals surface area contributed by atoms with Crippen LogP contribution in [-0.4, -0.2) is 51.1 Å². The predicted octanol–water partition coefficient (Wildman–Crippen LogP) is 2.04. The normalized spacial score (nSPS) is 14.7. The van der Waals surface area contributed by atoms with Crippen molar-refractivity contribution in [1.29, 1.82) is 0 Å². The Hall–Kier alpha value is -4.02. The molecule has 11 nitrogen and oxygen atoms in total. The first-order valence-corrected chi connectivity index (χ1v) is 9.89. The van der Waals surface area contributed by atoms with Crippen LogP contribution in [0.4, 0.5) is 17.2 Å². The number of aryl methyl sites for hydroxylation is 2. The molecule has 1 aliphatic rings. The van der Waals surface area contributed by atoms with E-state index in [1.165, 1.54) is 18.0 Å². The van der Waals surface area contributed by atoms with Gasteiger partial charge >= 0.3 is 0 Å². The standard InChI is InChI=1S/C21H24N8O3/c1-11-17(28-29(3)27-11)13-6-5-7-14(19(13)32-4)23-15-10-16(24-20(30)12-8-9-12)25-26-18(15)21(31)22-2/h5-7,10,12H,8-9H2,1-4H3,(H,22,31)(H2,23,24,25,30)/i2D3. The van der Waals surface area contributed by atoms with Crippen molar-refractivity contribution < 1.29 is 18.4 Å². The summed E-state index contributed by atoms with van der Waals surface area (Å²) in [4.78, 5) is 26.3. The summed E-state index contributed by atoms with van der Waals surface area (Å²) >= 11 is 0. The highest BCUT2D eigenvalue weighted by Crippen LogP contribution is 2.38. The number of ether oxygens (including phenoxy) is 1. The lowest BCUT2D eigenvalue weighted by atomic mass is 10.1. The van der Waals surface area contributed by atoms with Gasteiger partial charge in [-0.05, 0) is 31.9 Å². The second-order valence-corrected chi connectivity index (χ2v) is 7.34. The molecule has 1 aromatic carbocycles. The van der Waals surface area contributed by atoms with Crippen molar-refractivity contribution in [2.24, 2.45) is 13.0 Å². The highest BCUT2D eigenvalue weighted by atomic mass is 16.5. The zero-order valence-corrected chi connectivity index (χ0v) is 17.8. The number of hydrogen-bond donors (Lipinski definition) is 3. The Balaban J connectivity index is 1.74. The van der Waals surface area contributed by atoms with Gasteiger partial charge in [0, 0.05) is 35.7 Å². The van der Waals surface area contributed by atoms with Gasteiger partial charge < -0.3 is 20.7 Å². The first kappa shape index (κ1) is 17.6. The molecule has 0 spiro atoms. The molecule has 2 aromatic heterocycles. The third-order valence-electron chi connectivity index (χ3n) is 4.95. The molecule has 166 valence electrons. The van der Waals surface area contributed by atoms with E-state index in [2.05, 4.69) is 31.0 Å². The van der Waals surface area contributed by atoms with Crippen molar-refractivity contribution in [2.45, 2.75) is 19.8 Å². The van der Waals surface area contributed by atoms with Crippen molar-refractivity contribution >= 4 is 29.0 Å². The zero-order valence-electron chi connectivity index (χ0n) is 20.8. The molecule has 32 heavy (non-hydrogen) atoms. The summed E-state index contributed by atoms with van der Waals surface area (Å²) in [7, 11) is 3.20. The Bertz CT molecular complexity index is 1290. The minimum Gasteiger partial charge on any atom is -0.494 e. The molecule has 2 amide bonds. The van der Waals surface area contributed by atoms with E-state index in [9.17, 15) is 9.59 Å². The molecule has 3 N–H and O–H groups in total. The van der Waals surface area contributed by atoms with Gasteiger partial charge in [0.2, 0.25) is 5.91 Å². The fourth-order valence-corrected chi connectivity index (χ4v) is 3.29. The highest BCUT2D eigenvalue weighted by molar-refractivity contribution is 6.00. The van der Waals surface area contributed by atoms with Crippen LogP contribution < -0.4 is 20.7 Å². The number of nitrogens with zero attached hydrogens (tertiary/aromatic N) is 5. The summed E-state index contributed by atoms with van der Waals surface area (Å²) in [6, 6.07) is 6.71. The minimum atomic E-state index is -2.73. The predicted molar refractivity (Wildman–Crippen MR) is 118 cm³/mol. The lowest BCUT2D eigenvalue weighted by Crippen LogP contribution is -2.22. The minimum absolute atomic E-state index is 0.0706. The average Bonchev–Trinajstić information content (AvgIpc) is 3.57. The third kappa shape index (κ3) is 4.22. The van der Waals surface area contributed by atoms with Gasteiger partial charge in [0.25, 0.3) is 5.91 Å². The maximum Gasteiger partial charge on any atom is 0.273 e. The van der Waals surface area contributed by atoms with Crippen LogP contribution in [0, 0.1) is 12.8 Å². The fraction of sp³-hybridized carbons (Fsp3) is 0.333. The quantitative estimate of drug-likeness (QED) is 0.509. The van der Waals surface area contributed by atoms with Gasteiger partial charge in [-0.3, -0.25) is 9.59 Å². The van der Waals surface area contributed by atoms with Gasteiger partial charge in [-0.2, -0.15) is 15.0 Å². The molecule has 0 atom stereocenters. The second-order valence-electron chi connectivity index (χ2n) is 7.34. The molecule has 11 heteroatoms. The number of amides is 2. The Morgan fingerprint density at radius 1 is 1.22 bits per heavy atom. The molecular formula is C21H24N8O3. The first-order valence-electron chi connectivity index (χ1n) is 11.4. The summed E-state index contributed by atoms with van der Waals surface area (Å²) in [5.41, 5.74) is 2.26. The average molecular weight is 439 g/mol. The molecule has 2 heterocycles. The van der Waals surface area contributed by atoms with Crippen LogP contribution in [-0.2, 0) is 11.8 Å². The summed E-state index contributed by atoms with van der Waals surface area (Å²) in [6.07, 6.45) is 1.60. The number of nitrogens with one attached hydrogen (secondary N) is 3. The van der Waals surface area contributed by atoms with Gasteiger partial charge in [-0.25, -0.2) is 0 Å². The molecule has 0 saturated heterocycles. The topological polar surface area (TPSA) is 136 Å². The maximum absolute atomic E-state index is 12.7. The van der Waals surface area contributed by atoms with E-state index in [0.29, 0.717) is 28.4 Å². The second kappa shape index (κ2) is 8.61. The van der Waals surface area contributed by atoms with E-state index in [1.807, 2.05) is 18.3 Å². The van der Waals surface area contributed by atoms with Gasteiger partial charge in [0.05, 0.1) is 24.2 Å². The summed E-state index contributed by atoms with van der Waals surface area (Å²) in [5.74, 6) is -0.685. The van der Waals surface area contributed by atoms with Crippen molar-refractivity contribution in [1.82, 2.24) is 30.5 Å². The fourth-order valence-electron chi connectivity index (χ4n) is 3.29. The van der Waals surface area contributed by atoms with Crippen LogP contribution >= 0.6 is 0 Å². The molecule has 0 radical (unpaired) electrons. The van der Waals surface area contributed by atoms with Crippen LogP contribution in [0.3, 0.4) is 0 Å². The van der Waals surface area contributed by atoms with E-state index in [0.717, 1.165) is 12.8 Å². The first-order chi connectivity index (χ1) is 16.6. The Morgan fingerprint density at radius 3 is 2.69 bits per heavy atom. The number of hydrogen-bond acceptors (Lipinski definition) is 8. The third-order valence-corrected chi connectivity index (χ3v) is 4.95. The molecule has 0 unspecified atom stereocenters. The zero-order chi connectivity index (χ0) is 25.3. The van der Waals surface area contributed by atoms with Crippen LogP contribution in [0.5, 0.6) is 5.75 Å². The summed E-state index contributed by atoms with van der Waals surface area (Å²) in [5, 5.41) is 24.1. The molecule has 0 aliphatic heterocycles. The number of rotatable bonds is 7. The highest BCUT2D eigenvalue weighted by Gasteiger charge is 2.30. The lowest BCUT2D eigenvalue weighted by molar-refractivity contribution is -0.117. The van der Waals surface area contributed by atoms with Gasteiger partial charge in [0.15, 0.2) is 17.3 Å². The van der Waals surface area contributed by atoms with Crippen LogP contribution in [0.2, 0.25) is 0 Å². The monoisotopic (exact) mass is 439 g/mol. The largest absolute Gasteiger partial charge is 0.494 e. The van der Waals surface area contributed by atoms with E-state index in [4.69, 9.17) is 8.85 Å². The molecule has 3 aromatic rings. The van der Waals surface area contributed by atoms with E-state index >= 15 is 0 Å². The van der Waals surface area contributed by atoms with Crippen LogP contribution in [0.1, 0.15) is 33.1 Å². The smallest absolute Gasteiger partial charge is 0.273 e. The molecule has 1 saturated carbocycles. The van der Waals surface area contributed by atoms with E-state index in [-0.39, 0.29) is 29.0 Å². The summed E-state index contributed by atoms with van der Waals surface area (Å²) < 4.78 is 27.7. The summed E-state index contributed by atoms with van der Waals surface area (Å²) in [6.45, 7) is -0.906. The van der Waals surface area contributed by atoms with Crippen molar-refractivity contribution in [3.63, 3.8) is 0 Å². The SMILES string of the molecule is [2H]C([2H])([2H])NC(=O)c1nnc(NC(=O)C2CC2)cc1Nc1cccc(-c2nn(C)nc2C)c1OC. The number of para-hydroxylation sites is 1. The molecule has 0 bridgehead atoms. The Labute approximate surface area is 188 Å². The molecule has 1 fully saturated rings. The van der Waals surface area contributed by atoms with Gasteiger partial charge in [-0.1, -0.05) is 6.07 Å². The van der Waals surface area contributed by atoms with Crippen molar-refractivity contribution in [2.75, 3.05) is 24.7 Å². The number of benzene rings is 1. The maximum atomic E-state index is 12.7. The number of anilines is 3. The number of aromatic nitrogens is 5. The van der Waals surface area contributed by atoms with E-state index in [1.54, 1.807) is 19.2 Å². The van der Waals surface area contributed by atoms with Crippen molar-refractivity contribution in [3.8, 4) is 17.0 Å².